The number of carbonyl (C=O) groups is 1. The molecule has 0 bridgehead atoms. The predicted molar refractivity (Wildman–Crippen MR) is 77.8 cm³/mol. The second kappa shape index (κ2) is 5.61. The molecule has 2 rings (SSSR count). The molecule has 1 aliphatic rings. The number of nitrogens with two attached hydrogens (primary N) is 1. The Balaban J connectivity index is 2.19. The average Bonchev–Trinajstić information content (AvgIpc) is 2.87. The Bertz CT molecular complexity index is 470. The number of aryl methyl sites for hydroxylation is 1. The maximum Gasteiger partial charge on any atom is 0.256 e. The number of amides is 1. The molecule has 1 unspecified atom stereocenters. The van der Waals surface area contributed by atoms with Crippen LogP contribution in [0.15, 0.2) is 18.2 Å². The van der Waals surface area contributed by atoms with Crippen LogP contribution >= 0.6 is 0 Å². The summed E-state index contributed by atoms with van der Waals surface area (Å²) in [7, 11) is 0. The van der Waals surface area contributed by atoms with Gasteiger partial charge in [0.05, 0.1) is 11.3 Å². The number of hydrogen-bond acceptors (Lipinski definition) is 3. The minimum Gasteiger partial charge on any atom is -0.338 e. The standard InChI is InChI=1S/C15H23N3O/c1-10(2)12-6-7-18(9-12)15(19)13-8-11(3)4-5-14(13)17-16/h4-5,8,10,12,17H,6-7,9,16H2,1-3H3. The number of anilines is 1. The average molecular weight is 261 g/mol. The Labute approximate surface area is 114 Å². The summed E-state index contributed by atoms with van der Waals surface area (Å²) in [5, 5.41) is 0. The maximum atomic E-state index is 12.6. The van der Waals surface area contributed by atoms with Gasteiger partial charge in [-0.2, -0.15) is 0 Å². The van der Waals surface area contributed by atoms with E-state index in [9.17, 15) is 4.79 Å². The molecule has 4 heteroatoms. The van der Waals surface area contributed by atoms with Gasteiger partial charge in [-0.1, -0.05) is 25.5 Å². The zero-order chi connectivity index (χ0) is 14.0. The van der Waals surface area contributed by atoms with Crippen LogP contribution in [0.25, 0.3) is 0 Å². The van der Waals surface area contributed by atoms with Crippen molar-refractivity contribution in [1.29, 1.82) is 0 Å². The summed E-state index contributed by atoms with van der Waals surface area (Å²) in [6.45, 7) is 8.13. The van der Waals surface area contributed by atoms with Gasteiger partial charge in [-0.05, 0) is 37.3 Å². The van der Waals surface area contributed by atoms with E-state index < -0.39 is 0 Å². The number of nitrogens with one attached hydrogen (secondary N) is 1. The largest absolute Gasteiger partial charge is 0.338 e. The number of carbonyl (C=O) groups excluding carboxylic acids is 1. The second-order valence-electron chi connectivity index (χ2n) is 5.74. The number of hydrazine groups is 1. The fourth-order valence-electron chi connectivity index (χ4n) is 2.65. The molecule has 1 aliphatic heterocycles. The Hall–Kier alpha value is -1.55. The highest BCUT2D eigenvalue weighted by molar-refractivity contribution is 5.99. The van der Waals surface area contributed by atoms with Gasteiger partial charge in [-0.3, -0.25) is 10.6 Å². The first-order valence-corrected chi connectivity index (χ1v) is 6.89. The molecular formula is C15H23N3O. The SMILES string of the molecule is Cc1ccc(NN)c(C(=O)N2CCC(C(C)C)C2)c1. The molecule has 0 spiro atoms. The Morgan fingerprint density at radius 2 is 2.21 bits per heavy atom. The maximum absolute atomic E-state index is 12.6. The molecular weight excluding hydrogens is 238 g/mol. The van der Waals surface area contributed by atoms with Crippen molar-refractivity contribution in [2.75, 3.05) is 18.5 Å². The van der Waals surface area contributed by atoms with E-state index in [1.165, 1.54) is 0 Å². The minimum atomic E-state index is 0.0831. The van der Waals surface area contributed by atoms with Crippen molar-refractivity contribution in [2.45, 2.75) is 27.2 Å². The summed E-state index contributed by atoms with van der Waals surface area (Å²) >= 11 is 0. The third-order valence-corrected chi connectivity index (χ3v) is 4.02. The number of nitrogen functional groups attached to an aromatic ring is 1. The minimum absolute atomic E-state index is 0.0831. The van der Waals surface area contributed by atoms with Crippen LogP contribution in [0.5, 0.6) is 0 Å². The molecule has 19 heavy (non-hydrogen) atoms. The molecule has 1 aromatic rings. The smallest absolute Gasteiger partial charge is 0.256 e. The molecule has 3 N–H and O–H groups in total. The van der Waals surface area contributed by atoms with E-state index in [-0.39, 0.29) is 5.91 Å². The third kappa shape index (κ3) is 2.89. The van der Waals surface area contributed by atoms with Gasteiger partial charge in [0.2, 0.25) is 0 Å². The molecule has 104 valence electrons. The normalized spacial score (nSPS) is 19.0. The van der Waals surface area contributed by atoms with Crippen LogP contribution in [0.2, 0.25) is 0 Å². The summed E-state index contributed by atoms with van der Waals surface area (Å²) in [6, 6.07) is 5.71. The first-order chi connectivity index (χ1) is 9.02. The number of benzene rings is 1. The Kier molecular flexibility index (Phi) is 4.10. The van der Waals surface area contributed by atoms with Crippen LogP contribution in [-0.2, 0) is 0 Å². The van der Waals surface area contributed by atoms with Gasteiger partial charge in [-0.25, -0.2) is 0 Å². The van der Waals surface area contributed by atoms with Gasteiger partial charge in [0.15, 0.2) is 0 Å². The lowest BCUT2D eigenvalue weighted by Crippen LogP contribution is -2.30. The topological polar surface area (TPSA) is 58.4 Å². The molecule has 0 saturated carbocycles. The zero-order valence-electron chi connectivity index (χ0n) is 11.9. The lowest BCUT2D eigenvalue weighted by atomic mass is 9.95. The van der Waals surface area contributed by atoms with Crippen molar-refractivity contribution >= 4 is 11.6 Å². The summed E-state index contributed by atoms with van der Waals surface area (Å²) in [4.78, 5) is 14.5. The monoisotopic (exact) mass is 261 g/mol. The molecule has 1 aromatic carbocycles. The van der Waals surface area contributed by atoms with E-state index in [0.717, 1.165) is 25.1 Å². The third-order valence-electron chi connectivity index (χ3n) is 4.02. The molecule has 1 fully saturated rings. The molecule has 0 aliphatic carbocycles. The fourth-order valence-corrected chi connectivity index (χ4v) is 2.65. The van der Waals surface area contributed by atoms with Gasteiger partial charge in [-0.15, -0.1) is 0 Å². The Morgan fingerprint density at radius 3 is 2.79 bits per heavy atom. The predicted octanol–water partition coefficient (Wildman–Crippen LogP) is 2.40. The molecule has 0 aromatic heterocycles. The summed E-state index contributed by atoms with van der Waals surface area (Å²) < 4.78 is 0. The number of nitrogens with zero attached hydrogens (tertiary/aromatic N) is 1. The van der Waals surface area contributed by atoms with Crippen LogP contribution in [0.1, 0.15) is 36.2 Å². The highest BCUT2D eigenvalue weighted by atomic mass is 16.2. The van der Waals surface area contributed by atoms with E-state index in [0.29, 0.717) is 23.1 Å². The van der Waals surface area contributed by atoms with Gasteiger partial charge >= 0.3 is 0 Å². The fraction of sp³-hybridized carbons (Fsp3) is 0.533. The number of rotatable bonds is 3. The highest BCUT2D eigenvalue weighted by Gasteiger charge is 2.29. The quantitative estimate of drug-likeness (QED) is 0.649. The molecule has 1 amide bonds. The highest BCUT2D eigenvalue weighted by Crippen LogP contribution is 2.26. The van der Waals surface area contributed by atoms with Crippen LogP contribution in [-0.4, -0.2) is 23.9 Å². The second-order valence-corrected chi connectivity index (χ2v) is 5.74. The van der Waals surface area contributed by atoms with Gasteiger partial charge in [0, 0.05) is 13.1 Å². The van der Waals surface area contributed by atoms with Crippen molar-refractivity contribution in [1.82, 2.24) is 4.90 Å². The summed E-state index contributed by atoms with van der Waals surface area (Å²) in [5.41, 5.74) is 5.06. The number of hydrogen-bond donors (Lipinski definition) is 2. The molecule has 1 heterocycles. The van der Waals surface area contributed by atoms with Crippen LogP contribution < -0.4 is 11.3 Å². The van der Waals surface area contributed by atoms with E-state index in [1.54, 1.807) is 0 Å². The van der Waals surface area contributed by atoms with Crippen molar-refractivity contribution in [3.8, 4) is 0 Å². The van der Waals surface area contributed by atoms with Crippen LogP contribution in [0, 0.1) is 18.8 Å². The van der Waals surface area contributed by atoms with Crippen molar-refractivity contribution in [2.24, 2.45) is 17.7 Å². The number of likely N-dealkylation sites (tertiary alicyclic amines) is 1. The lowest BCUT2D eigenvalue weighted by molar-refractivity contribution is 0.0785. The summed E-state index contributed by atoms with van der Waals surface area (Å²) in [5.74, 6) is 6.82. The molecule has 0 radical (unpaired) electrons. The van der Waals surface area contributed by atoms with Crippen LogP contribution in [0.4, 0.5) is 5.69 Å². The van der Waals surface area contributed by atoms with E-state index >= 15 is 0 Å². The van der Waals surface area contributed by atoms with Crippen LogP contribution in [0.3, 0.4) is 0 Å². The van der Waals surface area contributed by atoms with Gasteiger partial charge in [0.1, 0.15) is 0 Å². The van der Waals surface area contributed by atoms with Gasteiger partial charge in [0.25, 0.3) is 5.91 Å². The zero-order valence-corrected chi connectivity index (χ0v) is 11.9. The summed E-state index contributed by atoms with van der Waals surface area (Å²) in [6.07, 6.45) is 1.10. The van der Waals surface area contributed by atoms with E-state index in [2.05, 4.69) is 19.3 Å². The first kappa shape index (κ1) is 13.9. The molecule has 1 saturated heterocycles. The van der Waals surface area contributed by atoms with Gasteiger partial charge < -0.3 is 10.3 Å². The van der Waals surface area contributed by atoms with E-state index in [1.807, 2.05) is 30.0 Å². The lowest BCUT2D eigenvalue weighted by Gasteiger charge is -2.20. The van der Waals surface area contributed by atoms with E-state index in [4.69, 9.17) is 5.84 Å². The molecule has 4 nitrogen and oxygen atoms in total. The van der Waals surface area contributed by atoms with Crippen molar-refractivity contribution < 1.29 is 4.79 Å². The van der Waals surface area contributed by atoms with Crippen molar-refractivity contribution in [3.05, 3.63) is 29.3 Å². The van der Waals surface area contributed by atoms with Crippen molar-refractivity contribution in [3.63, 3.8) is 0 Å². The molecule has 1 atom stereocenters. The Morgan fingerprint density at radius 1 is 1.47 bits per heavy atom. The first-order valence-electron chi connectivity index (χ1n) is 6.89.